The number of hydrogen-bond donors (Lipinski definition) is 1. The van der Waals surface area contributed by atoms with Crippen LogP contribution in [0.2, 0.25) is 0 Å². The van der Waals surface area contributed by atoms with Gasteiger partial charge in [0.2, 0.25) is 0 Å². The normalized spacial score (nSPS) is 10.2. The number of hydrogen-bond acceptors (Lipinski definition) is 7. The molecule has 0 atom stereocenters. The lowest BCUT2D eigenvalue weighted by Gasteiger charge is -2.12. The first-order valence-corrected chi connectivity index (χ1v) is 8.49. The van der Waals surface area contributed by atoms with E-state index in [9.17, 15) is 9.59 Å². The molecule has 0 unspecified atom stereocenters. The molecule has 1 rings (SSSR count). The van der Waals surface area contributed by atoms with Crippen LogP contribution in [0.3, 0.4) is 0 Å². The molecule has 0 aliphatic rings. The second kappa shape index (κ2) is 10.9. The van der Waals surface area contributed by atoms with Crippen LogP contribution >= 0.6 is 11.8 Å². The van der Waals surface area contributed by atoms with Gasteiger partial charge >= 0.3 is 11.9 Å². The van der Waals surface area contributed by atoms with Gasteiger partial charge < -0.3 is 19.5 Å². The summed E-state index contributed by atoms with van der Waals surface area (Å²) in [6.07, 6.45) is 0.282. The summed E-state index contributed by atoms with van der Waals surface area (Å²) in [5.41, 5.74) is 1.46. The second-order valence-electron chi connectivity index (χ2n) is 4.88. The van der Waals surface area contributed by atoms with E-state index in [1.54, 1.807) is 12.1 Å². The number of carbonyl (C=O) groups excluding carboxylic acids is 2. The van der Waals surface area contributed by atoms with Crippen LogP contribution in [0.4, 0.5) is 5.69 Å². The molecular weight excluding hydrogens is 318 g/mol. The van der Waals surface area contributed by atoms with Gasteiger partial charge in [-0.2, -0.15) is 11.8 Å². The minimum Gasteiger partial charge on any atom is -0.462 e. The largest absolute Gasteiger partial charge is 0.462 e. The molecule has 0 spiro atoms. The molecule has 0 amide bonds. The molecule has 0 aliphatic heterocycles. The Kier molecular flexibility index (Phi) is 9.16. The third kappa shape index (κ3) is 7.90. The van der Waals surface area contributed by atoms with Crippen molar-refractivity contribution in [2.75, 3.05) is 50.3 Å². The highest BCUT2D eigenvalue weighted by Gasteiger charge is 2.08. The fourth-order valence-corrected chi connectivity index (χ4v) is 2.31. The highest BCUT2D eigenvalue weighted by molar-refractivity contribution is 7.99. The molecule has 6 nitrogen and oxygen atoms in total. The number of nitrogens with zero attached hydrogens (tertiary/aromatic N) is 1. The van der Waals surface area contributed by atoms with Gasteiger partial charge in [0.25, 0.3) is 0 Å². The Morgan fingerprint density at radius 1 is 1.09 bits per heavy atom. The maximum atomic E-state index is 11.8. The number of anilines is 1. The van der Waals surface area contributed by atoms with Crippen molar-refractivity contribution in [2.24, 2.45) is 0 Å². The number of aliphatic hydroxyl groups excluding tert-OH is 1. The van der Waals surface area contributed by atoms with E-state index in [4.69, 9.17) is 14.6 Å². The molecule has 0 radical (unpaired) electrons. The van der Waals surface area contributed by atoms with Crippen LogP contribution < -0.4 is 4.90 Å². The van der Waals surface area contributed by atoms with Gasteiger partial charge in [-0.3, -0.25) is 4.79 Å². The summed E-state index contributed by atoms with van der Waals surface area (Å²) in [5.74, 6) is 0.446. The fourth-order valence-electron chi connectivity index (χ4n) is 1.66. The Balaban J connectivity index is 2.20. The highest BCUT2D eigenvalue weighted by atomic mass is 32.2. The van der Waals surface area contributed by atoms with E-state index in [0.29, 0.717) is 17.1 Å². The smallest absolute Gasteiger partial charge is 0.338 e. The predicted octanol–water partition coefficient (Wildman–Crippen LogP) is 1.57. The Labute approximate surface area is 140 Å². The summed E-state index contributed by atoms with van der Waals surface area (Å²) in [7, 11) is 3.84. The Morgan fingerprint density at radius 2 is 1.74 bits per heavy atom. The molecule has 1 aromatic carbocycles. The van der Waals surface area contributed by atoms with Crippen LogP contribution in [-0.4, -0.2) is 62.5 Å². The maximum absolute atomic E-state index is 11.8. The number of aliphatic hydroxyl groups is 1. The zero-order valence-electron chi connectivity index (χ0n) is 13.5. The van der Waals surface area contributed by atoms with E-state index < -0.39 is 5.97 Å². The topological polar surface area (TPSA) is 76.1 Å². The summed E-state index contributed by atoms with van der Waals surface area (Å²) >= 11 is 1.49. The summed E-state index contributed by atoms with van der Waals surface area (Å²) < 4.78 is 10.0. The average molecular weight is 341 g/mol. The number of ether oxygens (including phenoxy) is 2. The molecule has 0 bridgehead atoms. The van der Waals surface area contributed by atoms with E-state index in [1.165, 1.54) is 11.8 Å². The molecule has 0 aromatic heterocycles. The summed E-state index contributed by atoms with van der Waals surface area (Å²) in [5, 5.41) is 8.61. The van der Waals surface area contributed by atoms with E-state index in [0.717, 1.165) is 5.69 Å². The molecule has 7 heteroatoms. The van der Waals surface area contributed by atoms with Crippen molar-refractivity contribution in [1.82, 2.24) is 0 Å². The van der Waals surface area contributed by atoms with Crippen LogP contribution in [-0.2, 0) is 14.3 Å². The molecule has 1 aromatic rings. The van der Waals surface area contributed by atoms with Crippen molar-refractivity contribution in [3.05, 3.63) is 29.8 Å². The number of carbonyl (C=O) groups is 2. The molecule has 0 fully saturated rings. The van der Waals surface area contributed by atoms with Gasteiger partial charge in [0.05, 0.1) is 18.6 Å². The van der Waals surface area contributed by atoms with Crippen molar-refractivity contribution in [3.8, 4) is 0 Å². The van der Waals surface area contributed by atoms with Crippen molar-refractivity contribution < 1.29 is 24.2 Å². The number of benzene rings is 1. The van der Waals surface area contributed by atoms with Crippen molar-refractivity contribution in [2.45, 2.75) is 6.42 Å². The zero-order chi connectivity index (χ0) is 17.1. The van der Waals surface area contributed by atoms with Crippen LogP contribution in [0.1, 0.15) is 16.8 Å². The lowest BCUT2D eigenvalue weighted by atomic mass is 10.2. The first-order valence-electron chi connectivity index (χ1n) is 7.33. The number of thioether (sulfide) groups is 1. The molecule has 0 saturated heterocycles. The van der Waals surface area contributed by atoms with Crippen LogP contribution in [0.5, 0.6) is 0 Å². The minimum atomic E-state index is -0.440. The van der Waals surface area contributed by atoms with E-state index in [2.05, 4.69) is 0 Å². The molecule has 0 aliphatic carbocycles. The first-order chi connectivity index (χ1) is 11.0. The van der Waals surface area contributed by atoms with Gasteiger partial charge in [-0.05, 0) is 24.3 Å². The van der Waals surface area contributed by atoms with Crippen LogP contribution in [0.25, 0.3) is 0 Å². The van der Waals surface area contributed by atoms with Gasteiger partial charge in [-0.15, -0.1) is 0 Å². The Hall–Kier alpha value is -1.73. The average Bonchev–Trinajstić information content (AvgIpc) is 2.55. The van der Waals surface area contributed by atoms with Gasteiger partial charge in [0, 0.05) is 31.3 Å². The van der Waals surface area contributed by atoms with Crippen LogP contribution in [0, 0.1) is 0 Å². The van der Waals surface area contributed by atoms with Gasteiger partial charge in [-0.1, -0.05) is 0 Å². The predicted molar refractivity (Wildman–Crippen MR) is 91.0 cm³/mol. The van der Waals surface area contributed by atoms with E-state index >= 15 is 0 Å². The molecule has 23 heavy (non-hydrogen) atoms. The maximum Gasteiger partial charge on any atom is 0.338 e. The SMILES string of the molecule is CN(C)c1ccc(C(=O)OCCOC(=O)CCSCCO)cc1. The number of esters is 2. The van der Waals surface area contributed by atoms with E-state index in [-0.39, 0.29) is 32.2 Å². The van der Waals surface area contributed by atoms with Crippen molar-refractivity contribution in [3.63, 3.8) is 0 Å². The van der Waals surface area contributed by atoms with Crippen molar-refractivity contribution in [1.29, 1.82) is 0 Å². The summed E-state index contributed by atoms with van der Waals surface area (Å²) in [6, 6.07) is 7.06. The quantitative estimate of drug-likeness (QED) is 0.511. The second-order valence-corrected chi connectivity index (χ2v) is 6.11. The first kappa shape index (κ1) is 19.3. The van der Waals surface area contributed by atoms with Gasteiger partial charge in [-0.25, -0.2) is 4.79 Å². The van der Waals surface area contributed by atoms with Gasteiger partial charge in [0.15, 0.2) is 0 Å². The Bertz CT molecular complexity index is 490. The standard InChI is InChI=1S/C16H23NO5S/c1-17(2)14-5-3-13(4-6-14)16(20)22-10-9-21-15(19)7-11-23-12-8-18/h3-6,18H,7-12H2,1-2H3. The molecule has 0 saturated carbocycles. The summed E-state index contributed by atoms with van der Waals surface area (Å²) in [4.78, 5) is 25.1. The molecule has 128 valence electrons. The lowest BCUT2D eigenvalue weighted by molar-refractivity contribution is -0.144. The van der Waals surface area contributed by atoms with Crippen molar-refractivity contribution >= 4 is 29.4 Å². The lowest BCUT2D eigenvalue weighted by Crippen LogP contribution is -2.14. The van der Waals surface area contributed by atoms with Gasteiger partial charge in [0.1, 0.15) is 13.2 Å². The highest BCUT2D eigenvalue weighted by Crippen LogP contribution is 2.12. The Morgan fingerprint density at radius 3 is 2.35 bits per heavy atom. The van der Waals surface area contributed by atoms with Crippen LogP contribution in [0.15, 0.2) is 24.3 Å². The van der Waals surface area contributed by atoms with E-state index in [1.807, 2.05) is 31.1 Å². The summed E-state index contributed by atoms with van der Waals surface area (Å²) in [6.45, 7) is 0.181. The molecular formula is C16H23NO5S. The molecule has 0 heterocycles. The fraction of sp³-hybridized carbons (Fsp3) is 0.500. The minimum absolute atomic E-state index is 0.0315. The molecule has 1 N–H and O–H groups in total. The number of rotatable bonds is 10. The zero-order valence-corrected chi connectivity index (χ0v) is 14.3. The monoisotopic (exact) mass is 341 g/mol. The third-order valence-electron chi connectivity index (χ3n) is 2.89. The third-order valence-corrected chi connectivity index (χ3v) is 3.85.